The lowest BCUT2D eigenvalue weighted by Crippen LogP contribution is -2.46. The Labute approximate surface area is 171 Å². The molecule has 2 heterocycles. The van der Waals surface area contributed by atoms with Crippen molar-refractivity contribution in [3.8, 4) is 0 Å². The first-order valence-corrected chi connectivity index (χ1v) is 10.5. The predicted octanol–water partition coefficient (Wildman–Crippen LogP) is 3.77. The molecule has 1 saturated heterocycles. The fourth-order valence-corrected chi connectivity index (χ4v) is 4.71. The molecule has 0 spiro atoms. The summed E-state index contributed by atoms with van der Waals surface area (Å²) in [5, 5.41) is 0. The van der Waals surface area contributed by atoms with Gasteiger partial charge in [0.1, 0.15) is 5.56 Å². The van der Waals surface area contributed by atoms with Gasteiger partial charge in [-0.3, -0.25) is 14.4 Å². The van der Waals surface area contributed by atoms with Crippen LogP contribution < -0.4 is 5.56 Å². The molecular formula is C24H28N2O3. The number of piperidine rings is 1. The number of benzene rings is 1. The topological polar surface area (TPSA) is 70.2 Å². The summed E-state index contributed by atoms with van der Waals surface area (Å²) in [6, 6.07) is 11.8. The van der Waals surface area contributed by atoms with Crippen LogP contribution in [0, 0.1) is 5.41 Å². The smallest absolute Gasteiger partial charge is 0.261 e. The summed E-state index contributed by atoms with van der Waals surface area (Å²) >= 11 is 0. The van der Waals surface area contributed by atoms with Crippen LogP contribution >= 0.6 is 0 Å². The Kier molecular flexibility index (Phi) is 5.15. The average Bonchev–Trinajstić information content (AvgIpc) is 2.67. The lowest BCUT2D eigenvalue weighted by molar-refractivity contribution is 0.0611. The number of ketones is 1. The number of H-pyrrole nitrogens is 1. The van der Waals surface area contributed by atoms with Gasteiger partial charge in [-0.15, -0.1) is 0 Å². The first-order chi connectivity index (χ1) is 13.8. The molecule has 1 aliphatic carbocycles. The molecule has 152 valence electrons. The van der Waals surface area contributed by atoms with Crippen LogP contribution in [0.2, 0.25) is 0 Å². The third-order valence-corrected chi connectivity index (χ3v) is 6.15. The highest BCUT2D eigenvalue weighted by Gasteiger charge is 2.34. The van der Waals surface area contributed by atoms with E-state index < -0.39 is 0 Å². The standard InChI is InChI=1S/C24H28N2O3/c1-24(2)14-20-18(21(27)15-24)13-19(22(28)25-20)23(29)26-11-7-6-10-17(26)12-16-8-4-3-5-9-16/h3-5,8-9,13,17H,6-7,10-12,14-15H2,1-2H3,(H,25,28). The van der Waals surface area contributed by atoms with E-state index in [9.17, 15) is 14.4 Å². The molecule has 0 bridgehead atoms. The molecule has 2 aromatic rings. The maximum absolute atomic E-state index is 13.3. The van der Waals surface area contributed by atoms with Gasteiger partial charge < -0.3 is 9.88 Å². The van der Waals surface area contributed by atoms with E-state index in [2.05, 4.69) is 17.1 Å². The fourth-order valence-electron chi connectivity index (χ4n) is 4.71. The number of rotatable bonds is 3. The Morgan fingerprint density at radius 1 is 1.14 bits per heavy atom. The number of likely N-dealkylation sites (tertiary alicyclic amines) is 1. The van der Waals surface area contributed by atoms with Crippen molar-refractivity contribution in [1.82, 2.24) is 9.88 Å². The van der Waals surface area contributed by atoms with Gasteiger partial charge in [0.15, 0.2) is 5.78 Å². The number of aromatic nitrogens is 1. The Balaban J connectivity index is 1.64. The Bertz CT molecular complexity index is 991. The molecule has 0 saturated carbocycles. The monoisotopic (exact) mass is 392 g/mol. The molecule has 5 nitrogen and oxygen atoms in total. The van der Waals surface area contributed by atoms with E-state index in [0.717, 1.165) is 25.7 Å². The number of amides is 1. The van der Waals surface area contributed by atoms with E-state index in [1.807, 2.05) is 36.9 Å². The summed E-state index contributed by atoms with van der Waals surface area (Å²) in [6.45, 7) is 4.69. The van der Waals surface area contributed by atoms with Gasteiger partial charge in [0.05, 0.1) is 0 Å². The third kappa shape index (κ3) is 4.04. The van der Waals surface area contributed by atoms with Crippen LogP contribution in [0.15, 0.2) is 41.2 Å². The summed E-state index contributed by atoms with van der Waals surface area (Å²) in [4.78, 5) is 43.4. The number of carbonyl (C=O) groups is 2. The molecule has 5 heteroatoms. The van der Waals surface area contributed by atoms with Crippen LogP contribution in [0.5, 0.6) is 0 Å². The molecule has 1 aromatic carbocycles. The molecule has 1 aliphatic heterocycles. The van der Waals surface area contributed by atoms with E-state index in [1.165, 1.54) is 5.56 Å². The minimum absolute atomic E-state index is 0.000953. The minimum atomic E-state index is -0.386. The highest BCUT2D eigenvalue weighted by molar-refractivity contribution is 6.02. The van der Waals surface area contributed by atoms with Gasteiger partial charge in [-0.05, 0) is 49.1 Å². The number of nitrogens with zero attached hydrogens (tertiary/aromatic N) is 1. The van der Waals surface area contributed by atoms with Gasteiger partial charge in [0.2, 0.25) is 0 Å². The van der Waals surface area contributed by atoms with Crippen LogP contribution in [0.1, 0.15) is 71.5 Å². The number of Topliss-reactive ketones (excluding diaryl/α,β-unsaturated/α-hetero) is 1. The first kappa shape index (κ1) is 19.6. The van der Waals surface area contributed by atoms with Gasteiger partial charge in [0.25, 0.3) is 11.5 Å². The van der Waals surface area contributed by atoms with Gasteiger partial charge in [-0.25, -0.2) is 0 Å². The number of hydrogen-bond acceptors (Lipinski definition) is 3. The summed E-state index contributed by atoms with van der Waals surface area (Å²) in [7, 11) is 0. The van der Waals surface area contributed by atoms with Crippen LogP contribution in [-0.2, 0) is 12.8 Å². The molecular weight excluding hydrogens is 364 g/mol. The SMILES string of the molecule is CC1(C)CC(=O)c2cc(C(=O)N3CCCCC3Cc3ccccc3)c(=O)[nH]c2C1. The lowest BCUT2D eigenvalue weighted by Gasteiger charge is -2.36. The van der Waals surface area contributed by atoms with Gasteiger partial charge in [0, 0.05) is 30.3 Å². The number of hydrogen-bond donors (Lipinski definition) is 1. The number of fused-ring (bicyclic) bond motifs is 1. The lowest BCUT2D eigenvalue weighted by atomic mass is 9.75. The number of carbonyl (C=O) groups excluding carboxylic acids is 2. The van der Waals surface area contributed by atoms with Gasteiger partial charge in [-0.2, -0.15) is 0 Å². The quantitative estimate of drug-likeness (QED) is 0.864. The number of nitrogens with one attached hydrogen (secondary N) is 1. The highest BCUT2D eigenvalue weighted by Crippen LogP contribution is 2.33. The van der Waals surface area contributed by atoms with Crippen molar-refractivity contribution in [3.05, 3.63) is 69.1 Å². The molecule has 1 N–H and O–H groups in total. The zero-order chi connectivity index (χ0) is 20.6. The molecule has 0 radical (unpaired) electrons. The Hall–Kier alpha value is -2.69. The van der Waals surface area contributed by atoms with Crippen molar-refractivity contribution in [3.63, 3.8) is 0 Å². The normalized spacial score (nSPS) is 21.0. The molecule has 1 aromatic heterocycles. The molecule has 2 aliphatic rings. The largest absolute Gasteiger partial charge is 0.335 e. The summed E-state index contributed by atoms with van der Waals surface area (Å²) < 4.78 is 0. The summed E-state index contributed by atoms with van der Waals surface area (Å²) in [5.41, 5.74) is 1.89. The van der Waals surface area contributed by atoms with Crippen molar-refractivity contribution in [2.75, 3.05) is 6.54 Å². The maximum Gasteiger partial charge on any atom is 0.261 e. The second-order valence-electron chi connectivity index (χ2n) is 9.18. The van der Waals surface area contributed by atoms with Crippen molar-refractivity contribution in [1.29, 1.82) is 0 Å². The van der Waals surface area contributed by atoms with Crippen LogP contribution in [0.3, 0.4) is 0 Å². The van der Waals surface area contributed by atoms with E-state index in [4.69, 9.17) is 0 Å². The van der Waals surface area contributed by atoms with Crippen LogP contribution in [-0.4, -0.2) is 34.2 Å². The number of aromatic amines is 1. The van der Waals surface area contributed by atoms with Crippen LogP contribution in [0.4, 0.5) is 0 Å². The first-order valence-electron chi connectivity index (χ1n) is 10.5. The van der Waals surface area contributed by atoms with Crippen molar-refractivity contribution in [2.24, 2.45) is 5.41 Å². The zero-order valence-electron chi connectivity index (χ0n) is 17.2. The van der Waals surface area contributed by atoms with E-state index in [0.29, 0.717) is 30.6 Å². The molecule has 1 atom stereocenters. The van der Waals surface area contributed by atoms with Crippen molar-refractivity contribution in [2.45, 2.75) is 58.4 Å². The molecule has 29 heavy (non-hydrogen) atoms. The van der Waals surface area contributed by atoms with Gasteiger partial charge >= 0.3 is 0 Å². The predicted molar refractivity (Wildman–Crippen MR) is 112 cm³/mol. The van der Waals surface area contributed by atoms with E-state index in [-0.39, 0.29) is 34.3 Å². The summed E-state index contributed by atoms with van der Waals surface area (Å²) in [6.07, 6.45) is 4.79. The molecule has 1 fully saturated rings. The van der Waals surface area contributed by atoms with E-state index in [1.54, 1.807) is 6.07 Å². The second-order valence-corrected chi connectivity index (χ2v) is 9.18. The van der Waals surface area contributed by atoms with Crippen LogP contribution in [0.25, 0.3) is 0 Å². The minimum Gasteiger partial charge on any atom is -0.335 e. The van der Waals surface area contributed by atoms with E-state index >= 15 is 0 Å². The molecule has 4 rings (SSSR count). The Morgan fingerprint density at radius 2 is 1.90 bits per heavy atom. The second kappa shape index (κ2) is 7.62. The number of pyridine rings is 1. The molecule has 1 unspecified atom stereocenters. The average molecular weight is 392 g/mol. The van der Waals surface area contributed by atoms with Crippen molar-refractivity contribution >= 4 is 11.7 Å². The molecule has 1 amide bonds. The maximum atomic E-state index is 13.3. The van der Waals surface area contributed by atoms with Gasteiger partial charge in [-0.1, -0.05) is 44.2 Å². The highest BCUT2D eigenvalue weighted by atomic mass is 16.2. The zero-order valence-corrected chi connectivity index (χ0v) is 17.2. The van der Waals surface area contributed by atoms with Crippen molar-refractivity contribution < 1.29 is 9.59 Å². The third-order valence-electron chi connectivity index (χ3n) is 6.15. The fraction of sp³-hybridized carbons (Fsp3) is 0.458. The Morgan fingerprint density at radius 3 is 2.66 bits per heavy atom. The summed E-state index contributed by atoms with van der Waals surface area (Å²) in [5.74, 6) is -0.256.